The Morgan fingerprint density at radius 2 is 2.22 bits per heavy atom. The van der Waals surface area contributed by atoms with E-state index < -0.39 is 12.2 Å². The second kappa shape index (κ2) is 6.36. The van der Waals surface area contributed by atoms with Gasteiger partial charge in [0.25, 0.3) is 0 Å². The van der Waals surface area contributed by atoms with Gasteiger partial charge >= 0.3 is 0 Å². The fraction of sp³-hybridized carbons (Fsp3) is 0.333. The van der Waals surface area contributed by atoms with Crippen LogP contribution in [-0.4, -0.2) is 28.8 Å². The zero-order chi connectivity index (χ0) is 13.7. The number of nitrogens with one attached hydrogen (secondary N) is 1. The highest BCUT2D eigenvalue weighted by atomic mass is 35.5. The van der Waals surface area contributed by atoms with Crippen molar-refractivity contribution < 1.29 is 15.0 Å². The van der Waals surface area contributed by atoms with Crippen LogP contribution in [0.15, 0.2) is 18.2 Å². The number of carbonyl (C=O) groups excluding carboxylic acids is 1. The van der Waals surface area contributed by atoms with E-state index in [9.17, 15) is 15.0 Å². The summed E-state index contributed by atoms with van der Waals surface area (Å²) in [6, 6.07) is 6.29. The monoisotopic (exact) mass is 268 g/mol. The highest BCUT2D eigenvalue weighted by molar-refractivity contribution is 6.31. The van der Waals surface area contributed by atoms with Gasteiger partial charge in [-0.2, -0.15) is 5.26 Å². The number of nitriles is 1. The van der Waals surface area contributed by atoms with Gasteiger partial charge in [0.1, 0.15) is 18.3 Å². The van der Waals surface area contributed by atoms with Gasteiger partial charge in [-0.1, -0.05) is 17.7 Å². The molecule has 3 N–H and O–H groups in total. The lowest BCUT2D eigenvalue weighted by molar-refractivity contribution is -0.119. The molecule has 96 valence electrons. The standard InChI is InChI=1S/C12H13ClN2O3/c1-7(16)15-6-11(17)12(18)8-2-3-10(13)9(4-8)5-14/h2-4,11-12,17-18H,6H2,1H3,(H,15,16). The molecule has 0 radical (unpaired) electrons. The summed E-state index contributed by atoms with van der Waals surface area (Å²) in [5.74, 6) is -0.296. The molecule has 0 aromatic heterocycles. The van der Waals surface area contributed by atoms with Crippen molar-refractivity contribution in [2.75, 3.05) is 6.54 Å². The van der Waals surface area contributed by atoms with Crippen molar-refractivity contribution >= 4 is 17.5 Å². The molecule has 0 fully saturated rings. The van der Waals surface area contributed by atoms with Crippen LogP contribution in [0.5, 0.6) is 0 Å². The van der Waals surface area contributed by atoms with Gasteiger partial charge in [-0.25, -0.2) is 0 Å². The first-order valence-corrected chi connectivity index (χ1v) is 5.63. The van der Waals surface area contributed by atoms with E-state index in [1.807, 2.05) is 6.07 Å². The first-order valence-electron chi connectivity index (χ1n) is 5.25. The smallest absolute Gasteiger partial charge is 0.216 e. The van der Waals surface area contributed by atoms with Crippen LogP contribution in [0.4, 0.5) is 0 Å². The molecule has 1 aromatic rings. The number of benzene rings is 1. The number of hydrogen-bond donors (Lipinski definition) is 3. The number of aliphatic hydroxyl groups excluding tert-OH is 2. The van der Waals surface area contributed by atoms with Crippen molar-refractivity contribution in [2.45, 2.75) is 19.1 Å². The first-order chi connectivity index (χ1) is 8.45. The van der Waals surface area contributed by atoms with Gasteiger partial charge in [0.05, 0.1) is 10.6 Å². The predicted octanol–water partition coefficient (Wildman–Crippen LogP) is 0.742. The molecule has 0 saturated carbocycles. The van der Waals surface area contributed by atoms with Crippen molar-refractivity contribution in [1.29, 1.82) is 5.26 Å². The molecule has 5 nitrogen and oxygen atoms in total. The summed E-state index contributed by atoms with van der Waals surface area (Å²) in [5.41, 5.74) is 0.591. The largest absolute Gasteiger partial charge is 0.388 e. The van der Waals surface area contributed by atoms with Crippen LogP contribution in [-0.2, 0) is 4.79 Å². The van der Waals surface area contributed by atoms with E-state index in [4.69, 9.17) is 16.9 Å². The van der Waals surface area contributed by atoms with Crippen molar-refractivity contribution in [3.8, 4) is 6.07 Å². The Labute approximate surface area is 110 Å². The molecule has 2 unspecified atom stereocenters. The van der Waals surface area contributed by atoms with E-state index in [1.54, 1.807) is 0 Å². The molecule has 18 heavy (non-hydrogen) atoms. The van der Waals surface area contributed by atoms with E-state index >= 15 is 0 Å². The normalized spacial score (nSPS) is 13.5. The molecule has 0 aliphatic heterocycles. The highest BCUT2D eigenvalue weighted by Gasteiger charge is 2.19. The zero-order valence-corrected chi connectivity index (χ0v) is 10.5. The maximum absolute atomic E-state index is 10.7. The summed E-state index contributed by atoms with van der Waals surface area (Å²) in [6.07, 6.45) is -2.34. The maximum atomic E-state index is 10.7. The number of aliphatic hydroxyl groups is 2. The van der Waals surface area contributed by atoms with Crippen LogP contribution in [0.25, 0.3) is 0 Å². The Morgan fingerprint density at radius 3 is 2.78 bits per heavy atom. The van der Waals surface area contributed by atoms with E-state index in [0.29, 0.717) is 5.56 Å². The molecule has 0 heterocycles. The third kappa shape index (κ3) is 3.70. The van der Waals surface area contributed by atoms with Crippen LogP contribution < -0.4 is 5.32 Å². The van der Waals surface area contributed by atoms with Crippen molar-refractivity contribution in [3.63, 3.8) is 0 Å². The van der Waals surface area contributed by atoms with Gasteiger partial charge in [0.2, 0.25) is 5.91 Å². The van der Waals surface area contributed by atoms with Crippen LogP contribution in [0.3, 0.4) is 0 Å². The summed E-state index contributed by atoms with van der Waals surface area (Å²) < 4.78 is 0. The third-order valence-electron chi connectivity index (χ3n) is 2.38. The Bertz CT molecular complexity index is 485. The summed E-state index contributed by atoms with van der Waals surface area (Å²) >= 11 is 5.76. The number of carbonyl (C=O) groups is 1. The number of nitrogens with zero attached hydrogens (tertiary/aromatic N) is 1. The Balaban J connectivity index is 2.80. The Morgan fingerprint density at radius 1 is 1.56 bits per heavy atom. The summed E-state index contributed by atoms with van der Waals surface area (Å²) in [4.78, 5) is 10.7. The molecule has 0 aliphatic carbocycles. The van der Waals surface area contributed by atoms with Gasteiger partial charge in [0.15, 0.2) is 0 Å². The number of hydrogen-bond acceptors (Lipinski definition) is 4. The van der Waals surface area contributed by atoms with Gasteiger partial charge < -0.3 is 15.5 Å². The molecule has 0 bridgehead atoms. The molecular weight excluding hydrogens is 256 g/mol. The average molecular weight is 269 g/mol. The lowest BCUT2D eigenvalue weighted by Crippen LogP contribution is -2.34. The lowest BCUT2D eigenvalue weighted by atomic mass is 10.0. The number of rotatable bonds is 4. The lowest BCUT2D eigenvalue weighted by Gasteiger charge is -2.18. The minimum atomic E-state index is -1.19. The zero-order valence-electron chi connectivity index (χ0n) is 9.72. The van der Waals surface area contributed by atoms with E-state index in [0.717, 1.165) is 0 Å². The summed E-state index contributed by atoms with van der Waals surface area (Å²) in [6.45, 7) is 1.25. The SMILES string of the molecule is CC(=O)NCC(O)C(O)c1ccc(Cl)c(C#N)c1. The summed E-state index contributed by atoms with van der Waals surface area (Å²) in [7, 11) is 0. The molecule has 2 atom stereocenters. The fourth-order valence-electron chi connectivity index (χ4n) is 1.39. The van der Waals surface area contributed by atoms with E-state index in [1.165, 1.54) is 25.1 Å². The highest BCUT2D eigenvalue weighted by Crippen LogP contribution is 2.22. The van der Waals surface area contributed by atoms with Crippen molar-refractivity contribution in [1.82, 2.24) is 5.32 Å². The molecular formula is C12H13ClN2O3. The minimum absolute atomic E-state index is 0.0684. The molecule has 6 heteroatoms. The fourth-order valence-corrected chi connectivity index (χ4v) is 1.55. The van der Waals surface area contributed by atoms with Crippen LogP contribution in [0.1, 0.15) is 24.2 Å². The van der Waals surface area contributed by atoms with E-state index in [2.05, 4.69) is 5.32 Å². The maximum Gasteiger partial charge on any atom is 0.216 e. The van der Waals surface area contributed by atoms with E-state index in [-0.39, 0.29) is 23.0 Å². The van der Waals surface area contributed by atoms with Crippen LogP contribution >= 0.6 is 11.6 Å². The van der Waals surface area contributed by atoms with Gasteiger partial charge in [0, 0.05) is 13.5 Å². The van der Waals surface area contributed by atoms with Gasteiger partial charge in [-0.3, -0.25) is 4.79 Å². The minimum Gasteiger partial charge on any atom is -0.388 e. The number of halogens is 1. The molecule has 0 saturated heterocycles. The van der Waals surface area contributed by atoms with Crippen LogP contribution in [0.2, 0.25) is 5.02 Å². The van der Waals surface area contributed by atoms with Crippen molar-refractivity contribution in [2.24, 2.45) is 0 Å². The van der Waals surface area contributed by atoms with Crippen molar-refractivity contribution in [3.05, 3.63) is 34.3 Å². The second-order valence-corrected chi connectivity index (χ2v) is 4.21. The molecule has 1 aromatic carbocycles. The van der Waals surface area contributed by atoms with Gasteiger partial charge in [-0.15, -0.1) is 0 Å². The Kier molecular flexibility index (Phi) is 5.10. The number of amides is 1. The molecule has 1 rings (SSSR count). The second-order valence-electron chi connectivity index (χ2n) is 3.80. The predicted molar refractivity (Wildman–Crippen MR) is 65.8 cm³/mol. The Hall–Kier alpha value is -1.61. The topological polar surface area (TPSA) is 93.3 Å². The molecule has 0 aliphatic rings. The quantitative estimate of drug-likeness (QED) is 0.751. The average Bonchev–Trinajstić information content (AvgIpc) is 2.35. The summed E-state index contributed by atoms with van der Waals surface area (Å²) in [5, 5.41) is 31.0. The van der Waals surface area contributed by atoms with Crippen LogP contribution in [0, 0.1) is 11.3 Å². The third-order valence-corrected chi connectivity index (χ3v) is 2.71. The van der Waals surface area contributed by atoms with Gasteiger partial charge in [-0.05, 0) is 17.7 Å². The molecule has 0 spiro atoms. The molecule has 1 amide bonds. The first kappa shape index (κ1) is 14.5.